The average molecular weight is 242 g/mol. The van der Waals surface area contributed by atoms with E-state index >= 15 is 0 Å². The van der Waals surface area contributed by atoms with E-state index in [1.807, 2.05) is 23.2 Å². The molecule has 0 saturated heterocycles. The smallest absolute Gasteiger partial charge is 0.328 e. The standard InChI is InChI=1S/C11H14O2S2/c1-8(2)14-7-10-5-9(6-15-10)3-4-11(12)13/h3-6,8H,7H2,1-2H3,(H,12,13). The van der Waals surface area contributed by atoms with E-state index in [1.165, 1.54) is 11.0 Å². The molecule has 0 aromatic carbocycles. The van der Waals surface area contributed by atoms with Gasteiger partial charge in [0.2, 0.25) is 0 Å². The lowest BCUT2D eigenvalue weighted by Gasteiger charge is -2.00. The summed E-state index contributed by atoms with van der Waals surface area (Å²) in [5.41, 5.74) is 0.974. The first-order valence-electron chi connectivity index (χ1n) is 4.68. The second kappa shape index (κ2) is 5.98. The SMILES string of the molecule is CC(C)SCc1cc(C=CC(=O)O)cs1. The quantitative estimate of drug-likeness (QED) is 0.803. The molecule has 1 rings (SSSR count). The van der Waals surface area contributed by atoms with Gasteiger partial charge in [-0.2, -0.15) is 11.8 Å². The minimum Gasteiger partial charge on any atom is -0.478 e. The number of aliphatic carboxylic acids is 1. The van der Waals surface area contributed by atoms with Gasteiger partial charge < -0.3 is 5.11 Å². The molecule has 4 heteroatoms. The van der Waals surface area contributed by atoms with Crippen LogP contribution in [0.25, 0.3) is 6.08 Å². The Balaban J connectivity index is 2.52. The lowest BCUT2D eigenvalue weighted by molar-refractivity contribution is -0.131. The number of thiophene rings is 1. The van der Waals surface area contributed by atoms with E-state index in [2.05, 4.69) is 13.8 Å². The molecule has 0 bridgehead atoms. The van der Waals surface area contributed by atoms with E-state index in [9.17, 15) is 4.79 Å². The molecular formula is C11H14O2S2. The van der Waals surface area contributed by atoms with Crippen molar-refractivity contribution in [2.24, 2.45) is 0 Å². The fraction of sp³-hybridized carbons (Fsp3) is 0.364. The number of rotatable bonds is 5. The van der Waals surface area contributed by atoms with Crippen LogP contribution in [0.2, 0.25) is 0 Å². The highest BCUT2D eigenvalue weighted by molar-refractivity contribution is 7.99. The first-order valence-corrected chi connectivity index (χ1v) is 6.61. The third-order valence-corrected chi connectivity index (χ3v) is 3.93. The third-order valence-electron chi connectivity index (χ3n) is 1.65. The fourth-order valence-electron chi connectivity index (χ4n) is 0.977. The zero-order chi connectivity index (χ0) is 11.3. The maximum atomic E-state index is 10.3. The molecule has 0 aliphatic carbocycles. The normalized spacial score (nSPS) is 11.4. The summed E-state index contributed by atoms with van der Waals surface area (Å²) in [6.45, 7) is 4.34. The number of hydrogen-bond acceptors (Lipinski definition) is 3. The molecule has 0 radical (unpaired) electrons. The molecule has 0 spiro atoms. The van der Waals surface area contributed by atoms with Gasteiger partial charge in [0.05, 0.1) is 0 Å². The minimum atomic E-state index is -0.903. The Hall–Kier alpha value is -0.740. The topological polar surface area (TPSA) is 37.3 Å². The van der Waals surface area contributed by atoms with Crippen LogP contribution in [0.1, 0.15) is 24.3 Å². The largest absolute Gasteiger partial charge is 0.478 e. The van der Waals surface area contributed by atoms with Crippen LogP contribution in [-0.2, 0) is 10.5 Å². The third kappa shape index (κ3) is 5.04. The van der Waals surface area contributed by atoms with Crippen molar-refractivity contribution in [3.05, 3.63) is 28.0 Å². The highest BCUT2D eigenvalue weighted by atomic mass is 32.2. The summed E-state index contributed by atoms with van der Waals surface area (Å²) in [6.07, 6.45) is 2.80. The lowest BCUT2D eigenvalue weighted by Crippen LogP contribution is -1.86. The van der Waals surface area contributed by atoms with Crippen molar-refractivity contribution in [1.82, 2.24) is 0 Å². The van der Waals surface area contributed by atoms with Crippen LogP contribution in [0.15, 0.2) is 17.5 Å². The zero-order valence-corrected chi connectivity index (χ0v) is 10.4. The first kappa shape index (κ1) is 12.3. The summed E-state index contributed by atoms with van der Waals surface area (Å²) in [5, 5.41) is 11.1. The molecular weight excluding hydrogens is 228 g/mol. The van der Waals surface area contributed by atoms with E-state index in [0.717, 1.165) is 11.3 Å². The molecule has 15 heavy (non-hydrogen) atoms. The Bertz CT molecular complexity index is 353. The number of carbonyl (C=O) groups is 1. The Morgan fingerprint density at radius 3 is 3.00 bits per heavy atom. The van der Waals surface area contributed by atoms with Gasteiger partial charge in [-0.1, -0.05) is 13.8 Å². The van der Waals surface area contributed by atoms with Gasteiger partial charge in [-0.3, -0.25) is 0 Å². The second-order valence-corrected chi connectivity index (χ2v) is 5.94. The molecule has 0 saturated carbocycles. The minimum absolute atomic E-state index is 0.630. The summed E-state index contributed by atoms with van der Waals surface area (Å²) < 4.78 is 0. The maximum absolute atomic E-state index is 10.3. The van der Waals surface area contributed by atoms with Gasteiger partial charge in [-0.15, -0.1) is 11.3 Å². The molecule has 0 unspecified atom stereocenters. The van der Waals surface area contributed by atoms with Crippen LogP contribution < -0.4 is 0 Å². The highest BCUT2D eigenvalue weighted by Gasteiger charge is 2.00. The van der Waals surface area contributed by atoms with Gasteiger partial charge in [0.1, 0.15) is 0 Å². The molecule has 0 fully saturated rings. The number of hydrogen-bond donors (Lipinski definition) is 1. The Labute approximate surface area is 98.0 Å². The lowest BCUT2D eigenvalue weighted by atomic mass is 10.3. The first-order chi connectivity index (χ1) is 7.08. The summed E-state index contributed by atoms with van der Waals surface area (Å²) in [6, 6.07) is 2.04. The summed E-state index contributed by atoms with van der Waals surface area (Å²) in [4.78, 5) is 11.6. The van der Waals surface area contributed by atoms with Gasteiger partial charge >= 0.3 is 5.97 Å². The zero-order valence-electron chi connectivity index (χ0n) is 8.77. The Morgan fingerprint density at radius 1 is 1.67 bits per heavy atom. The van der Waals surface area contributed by atoms with Crippen molar-refractivity contribution in [2.75, 3.05) is 0 Å². The highest BCUT2D eigenvalue weighted by Crippen LogP contribution is 2.23. The van der Waals surface area contributed by atoms with E-state index < -0.39 is 5.97 Å². The molecule has 2 nitrogen and oxygen atoms in total. The molecule has 0 amide bonds. The van der Waals surface area contributed by atoms with Gasteiger partial charge in [-0.25, -0.2) is 4.79 Å². The monoisotopic (exact) mass is 242 g/mol. The van der Waals surface area contributed by atoms with Crippen molar-refractivity contribution in [3.63, 3.8) is 0 Å². The Kier molecular flexibility index (Phi) is 4.91. The van der Waals surface area contributed by atoms with Crippen molar-refractivity contribution in [1.29, 1.82) is 0 Å². The van der Waals surface area contributed by atoms with Gasteiger partial charge in [0.15, 0.2) is 0 Å². The number of thioether (sulfide) groups is 1. The average Bonchev–Trinajstić information content (AvgIpc) is 2.59. The molecule has 1 heterocycles. The fourth-order valence-corrected chi connectivity index (χ4v) is 2.67. The van der Waals surface area contributed by atoms with Crippen molar-refractivity contribution in [2.45, 2.75) is 24.9 Å². The van der Waals surface area contributed by atoms with Crippen LogP contribution in [0.5, 0.6) is 0 Å². The number of carboxylic acids is 1. The molecule has 0 aliphatic heterocycles. The van der Waals surface area contributed by atoms with E-state index in [1.54, 1.807) is 17.4 Å². The summed E-state index contributed by atoms with van der Waals surface area (Å²) in [7, 11) is 0. The molecule has 1 aromatic heterocycles. The van der Waals surface area contributed by atoms with E-state index in [4.69, 9.17) is 5.11 Å². The maximum Gasteiger partial charge on any atom is 0.328 e. The van der Waals surface area contributed by atoms with Crippen LogP contribution in [0, 0.1) is 0 Å². The molecule has 1 aromatic rings. The van der Waals surface area contributed by atoms with Crippen LogP contribution in [0.4, 0.5) is 0 Å². The van der Waals surface area contributed by atoms with Gasteiger partial charge in [0.25, 0.3) is 0 Å². The van der Waals surface area contributed by atoms with Crippen molar-refractivity contribution < 1.29 is 9.90 Å². The number of carboxylic acid groups (broad SMARTS) is 1. The predicted molar refractivity (Wildman–Crippen MR) is 67.4 cm³/mol. The second-order valence-electron chi connectivity index (χ2n) is 3.38. The van der Waals surface area contributed by atoms with Gasteiger partial charge in [-0.05, 0) is 28.3 Å². The summed E-state index contributed by atoms with van der Waals surface area (Å²) in [5.74, 6) is 0.0998. The van der Waals surface area contributed by atoms with Gasteiger partial charge in [0, 0.05) is 16.7 Å². The van der Waals surface area contributed by atoms with Crippen LogP contribution >= 0.6 is 23.1 Å². The van der Waals surface area contributed by atoms with Crippen molar-refractivity contribution >= 4 is 35.1 Å². The van der Waals surface area contributed by atoms with Crippen molar-refractivity contribution in [3.8, 4) is 0 Å². The molecule has 82 valence electrons. The predicted octanol–water partition coefficient (Wildman–Crippen LogP) is 3.49. The van der Waals surface area contributed by atoms with E-state index in [0.29, 0.717) is 5.25 Å². The molecule has 0 atom stereocenters. The van der Waals surface area contributed by atoms with Crippen LogP contribution in [0.3, 0.4) is 0 Å². The molecule has 0 aliphatic rings. The summed E-state index contributed by atoms with van der Waals surface area (Å²) >= 11 is 3.57. The van der Waals surface area contributed by atoms with E-state index in [-0.39, 0.29) is 0 Å². The molecule has 1 N–H and O–H groups in total. The Morgan fingerprint density at radius 2 is 2.40 bits per heavy atom. The van der Waals surface area contributed by atoms with Crippen LogP contribution in [-0.4, -0.2) is 16.3 Å².